The van der Waals surface area contributed by atoms with E-state index in [2.05, 4.69) is 52.5 Å². The Bertz CT molecular complexity index is 1990. The Balaban J connectivity index is 0.000000204. The largest absolute Gasteiger partial charge is 0.302 e. The molecule has 0 atom stereocenters. The first-order valence-corrected chi connectivity index (χ1v) is 20.8. The Morgan fingerprint density at radius 1 is 0.795 bits per heavy atom. The Labute approximate surface area is 291 Å². The zero-order valence-electron chi connectivity index (χ0n) is 23.1. The highest BCUT2D eigenvalue weighted by atomic mass is 79.9. The summed E-state index contributed by atoms with van der Waals surface area (Å²) < 4.78 is 51.2. The smallest absolute Gasteiger partial charge is 0.270 e. The van der Waals surface area contributed by atoms with Crippen molar-refractivity contribution in [1.82, 2.24) is 14.3 Å². The van der Waals surface area contributed by atoms with Gasteiger partial charge in [-0.25, -0.2) is 26.8 Å². The number of thiophene rings is 2. The molecule has 0 saturated carbocycles. The fourth-order valence-electron chi connectivity index (χ4n) is 3.73. The molecule has 44 heavy (non-hydrogen) atoms. The van der Waals surface area contributed by atoms with E-state index in [1.807, 2.05) is 19.1 Å². The van der Waals surface area contributed by atoms with Crippen molar-refractivity contribution in [3.8, 4) is 20.9 Å². The van der Waals surface area contributed by atoms with E-state index in [1.165, 1.54) is 58.2 Å². The first kappa shape index (κ1) is 35.3. The van der Waals surface area contributed by atoms with Gasteiger partial charge in [0, 0.05) is 48.7 Å². The van der Waals surface area contributed by atoms with E-state index < -0.39 is 19.1 Å². The number of amides is 2. The fourth-order valence-corrected chi connectivity index (χ4v) is 13.2. The highest BCUT2D eigenvalue weighted by molar-refractivity contribution is 9.11. The number of carbonyl (C=O) groups excluding carboxylic acids is 2. The summed E-state index contributed by atoms with van der Waals surface area (Å²) in [7, 11) is -1.92. The second kappa shape index (κ2) is 14.1. The molecular weight excluding hydrogens is 842 g/mol. The molecule has 2 amide bonds. The molecule has 1 aliphatic heterocycles. The zero-order valence-corrected chi connectivity index (χ0v) is 31.9. The molecule has 4 aromatic rings. The molecule has 0 radical (unpaired) electrons. The average molecular weight is 864 g/mol. The maximum atomic E-state index is 12.7. The van der Waals surface area contributed by atoms with E-state index in [4.69, 9.17) is 10.7 Å². The number of anilines is 2. The van der Waals surface area contributed by atoms with Crippen LogP contribution >= 0.6 is 87.9 Å². The summed E-state index contributed by atoms with van der Waals surface area (Å²) in [5.74, 6) is -0.400. The van der Waals surface area contributed by atoms with Crippen LogP contribution < -0.4 is 10.6 Å². The van der Waals surface area contributed by atoms with Crippen molar-refractivity contribution < 1.29 is 26.4 Å². The summed E-state index contributed by atoms with van der Waals surface area (Å²) in [6.07, 6.45) is 3.68. The van der Waals surface area contributed by atoms with Gasteiger partial charge < -0.3 is 10.6 Å². The fraction of sp³-hybridized carbons (Fsp3) is 0.250. The topological polar surface area (TPSA) is 156 Å². The first-order valence-electron chi connectivity index (χ1n) is 12.2. The molecule has 0 aromatic carbocycles. The maximum absolute atomic E-state index is 12.7. The summed E-state index contributed by atoms with van der Waals surface area (Å²) in [5.41, 5.74) is 2.92. The van der Waals surface area contributed by atoms with Gasteiger partial charge in [-0.15, -0.1) is 22.7 Å². The lowest BCUT2D eigenvalue weighted by Gasteiger charge is -2.13. The quantitative estimate of drug-likeness (QED) is 0.145. The van der Waals surface area contributed by atoms with Gasteiger partial charge >= 0.3 is 0 Å². The maximum Gasteiger partial charge on any atom is 0.270 e. The van der Waals surface area contributed by atoms with E-state index >= 15 is 0 Å². The molecule has 0 aliphatic carbocycles. The molecule has 5 heterocycles. The molecule has 236 valence electrons. The van der Waals surface area contributed by atoms with Gasteiger partial charge in [-0.05, 0) is 57.8 Å². The third-order valence-corrected chi connectivity index (χ3v) is 15.8. The van der Waals surface area contributed by atoms with E-state index in [9.17, 15) is 26.4 Å². The van der Waals surface area contributed by atoms with Crippen LogP contribution in [0.2, 0.25) is 0 Å². The van der Waals surface area contributed by atoms with Crippen molar-refractivity contribution in [2.45, 2.75) is 36.1 Å². The minimum atomic E-state index is -3.76. The lowest BCUT2D eigenvalue weighted by molar-refractivity contribution is -0.115. The zero-order chi connectivity index (χ0) is 32.6. The van der Waals surface area contributed by atoms with Gasteiger partial charge in [0.15, 0.2) is 10.3 Å². The Kier molecular flexibility index (Phi) is 11.3. The molecule has 5 rings (SSSR count). The third-order valence-electron chi connectivity index (χ3n) is 5.60. The number of carbonyl (C=O) groups is 2. The molecular formula is C24H22Br2ClN5O6S6. The van der Waals surface area contributed by atoms with Gasteiger partial charge in [-0.2, -0.15) is 4.31 Å². The molecule has 0 spiro atoms. The number of sulfonamides is 1. The van der Waals surface area contributed by atoms with E-state index in [0.717, 1.165) is 36.1 Å². The van der Waals surface area contributed by atoms with Crippen molar-refractivity contribution in [3.05, 3.63) is 43.2 Å². The number of aryl methyl sites for hydroxylation is 2. The van der Waals surface area contributed by atoms with Crippen molar-refractivity contribution in [2.75, 3.05) is 23.7 Å². The van der Waals surface area contributed by atoms with Crippen molar-refractivity contribution in [2.24, 2.45) is 0 Å². The summed E-state index contributed by atoms with van der Waals surface area (Å²) in [5, 5.41) is 6.24. The summed E-state index contributed by atoms with van der Waals surface area (Å²) >= 11 is 11.6. The second-order valence-electron chi connectivity index (χ2n) is 8.97. The van der Waals surface area contributed by atoms with Crippen LogP contribution in [0.1, 0.15) is 25.2 Å². The Morgan fingerprint density at radius 3 is 1.59 bits per heavy atom. The van der Waals surface area contributed by atoms with Crippen molar-refractivity contribution >= 4 is 129 Å². The number of halogens is 3. The lowest BCUT2D eigenvalue weighted by Crippen LogP contribution is -2.27. The van der Waals surface area contributed by atoms with Gasteiger partial charge in [0.2, 0.25) is 11.8 Å². The lowest BCUT2D eigenvalue weighted by atomic mass is 10.2. The molecule has 0 bridgehead atoms. The number of nitrogens with one attached hydrogen (secondary N) is 2. The number of thiazole rings is 2. The molecule has 0 fully saturated rings. The number of hydrogen-bond donors (Lipinski definition) is 2. The summed E-state index contributed by atoms with van der Waals surface area (Å²) in [6.45, 7) is 7.25. The van der Waals surface area contributed by atoms with Crippen LogP contribution in [0.25, 0.3) is 20.9 Å². The van der Waals surface area contributed by atoms with Crippen LogP contribution in [0.4, 0.5) is 10.3 Å². The molecule has 0 saturated heterocycles. The minimum absolute atomic E-state index is 0.0647. The summed E-state index contributed by atoms with van der Waals surface area (Å²) in [4.78, 5) is 32.4. The van der Waals surface area contributed by atoms with Crippen LogP contribution in [-0.2, 0) is 28.7 Å². The van der Waals surface area contributed by atoms with Gasteiger partial charge in [0.25, 0.3) is 19.1 Å². The van der Waals surface area contributed by atoms with Crippen LogP contribution in [0.3, 0.4) is 0 Å². The van der Waals surface area contributed by atoms with E-state index in [1.54, 1.807) is 13.0 Å². The van der Waals surface area contributed by atoms with Gasteiger partial charge in [-0.1, -0.05) is 34.8 Å². The van der Waals surface area contributed by atoms with Gasteiger partial charge in [-0.3, -0.25) is 9.59 Å². The Morgan fingerprint density at radius 2 is 1.20 bits per heavy atom. The number of nitrogens with zero attached hydrogens (tertiary/aromatic N) is 3. The highest BCUT2D eigenvalue weighted by Gasteiger charge is 2.29. The van der Waals surface area contributed by atoms with Gasteiger partial charge in [0.1, 0.15) is 8.42 Å². The first-order chi connectivity index (χ1) is 20.5. The van der Waals surface area contributed by atoms with Crippen LogP contribution in [0, 0.1) is 13.8 Å². The predicted octanol–water partition coefficient (Wildman–Crippen LogP) is 7.29. The second-order valence-corrected chi connectivity index (χ2v) is 20.7. The summed E-state index contributed by atoms with van der Waals surface area (Å²) in [6, 6.07) is 3.16. The molecule has 2 N–H and O–H groups in total. The van der Waals surface area contributed by atoms with Crippen LogP contribution in [0.15, 0.2) is 40.3 Å². The molecule has 11 nitrogen and oxygen atoms in total. The normalized spacial score (nSPS) is 13.5. The molecule has 20 heteroatoms. The number of hydrogen-bond acceptors (Lipinski definition) is 12. The molecule has 4 aromatic heterocycles. The standard InChI is InChI=1S/C14H14BrN3O3S3.C10H8BrClN2O3S3/c1-8-12(23-14(16-8)17-9(2)19)10-7-11(22-13(10)15)24(20,21)18-5-3-4-6-18;1-4-8(19-10(13-4)14-5(2)15)6-3-7(18-9(6)11)20(12,16)17/h3-4,7H,5-6H2,1-2H3,(H,16,17,19);3H,1-2H3,(H,13,14,15). The van der Waals surface area contributed by atoms with Crippen LogP contribution in [-0.4, -0.2) is 56.0 Å². The Hall–Kier alpha value is -1.55. The minimum Gasteiger partial charge on any atom is -0.302 e. The number of aromatic nitrogens is 2. The highest BCUT2D eigenvalue weighted by Crippen LogP contribution is 2.44. The van der Waals surface area contributed by atoms with Crippen molar-refractivity contribution in [3.63, 3.8) is 0 Å². The SMILES string of the molecule is CC(=O)Nc1nc(C)c(-c2cc(S(=O)(=O)Cl)sc2Br)s1.CC(=O)Nc1nc(C)c(-c2cc(S(=O)(=O)N3CC=CC3)sc2Br)s1. The monoisotopic (exact) mass is 861 g/mol. The van der Waals surface area contributed by atoms with Gasteiger partial charge in [0.05, 0.1) is 28.7 Å². The van der Waals surface area contributed by atoms with Crippen molar-refractivity contribution in [1.29, 1.82) is 0 Å². The molecule has 0 unspecified atom stereocenters. The third kappa shape index (κ3) is 8.23. The van der Waals surface area contributed by atoms with E-state index in [0.29, 0.717) is 42.6 Å². The predicted molar refractivity (Wildman–Crippen MR) is 185 cm³/mol. The average Bonchev–Trinajstić information content (AvgIpc) is 3.71. The molecule has 1 aliphatic rings. The number of rotatable bonds is 7. The van der Waals surface area contributed by atoms with Crippen LogP contribution in [0.5, 0.6) is 0 Å². The van der Waals surface area contributed by atoms with E-state index in [-0.39, 0.29) is 16.0 Å².